The fraction of sp³-hybridized carbons (Fsp3) is 0.278. The van der Waals surface area contributed by atoms with Gasteiger partial charge in [-0.15, -0.1) is 0 Å². The molecule has 5 heteroatoms. The van der Waals surface area contributed by atoms with Crippen molar-refractivity contribution in [3.8, 4) is 0 Å². The predicted octanol–water partition coefficient (Wildman–Crippen LogP) is 3.77. The lowest BCUT2D eigenvalue weighted by atomic mass is 10.1. The van der Waals surface area contributed by atoms with Crippen LogP contribution in [0.4, 0.5) is 5.69 Å². The monoisotopic (exact) mass is 329 g/mol. The first kappa shape index (κ1) is 15.8. The van der Waals surface area contributed by atoms with Crippen LogP contribution in [-0.4, -0.2) is 19.1 Å². The van der Waals surface area contributed by atoms with Crippen LogP contribution in [0.3, 0.4) is 0 Å². The SMILES string of the molecule is COCc1ccccc1NC(N)=N[C@@H]1C[C@H]1c1cccc(Cl)c1. The smallest absolute Gasteiger partial charge is 0.193 e. The maximum Gasteiger partial charge on any atom is 0.193 e. The van der Waals surface area contributed by atoms with Crippen LogP contribution in [0.2, 0.25) is 5.02 Å². The minimum Gasteiger partial charge on any atom is -0.380 e. The lowest BCUT2D eigenvalue weighted by Gasteiger charge is -2.10. The van der Waals surface area contributed by atoms with Crippen LogP contribution < -0.4 is 11.1 Å². The summed E-state index contributed by atoms with van der Waals surface area (Å²) in [4.78, 5) is 4.57. The zero-order chi connectivity index (χ0) is 16.2. The molecular formula is C18H20ClN3O. The first-order valence-corrected chi connectivity index (χ1v) is 7.98. The highest BCUT2D eigenvalue weighted by Crippen LogP contribution is 2.44. The molecule has 1 fully saturated rings. The van der Waals surface area contributed by atoms with Gasteiger partial charge in [0, 0.05) is 29.3 Å². The standard InChI is InChI=1S/C18H20ClN3O/c1-23-11-13-5-2-3-8-16(13)21-18(20)22-17-10-15(17)12-6-4-7-14(19)9-12/h2-9,15,17H,10-11H2,1H3,(H3,20,21,22)/t15-,17+/m0/s1. The summed E-state index contributed by atoms with van der Waals surface area (Å²) in [7, 11) is 1.67. The van der Waals surface area contributed by atoms with Gasteiger partial charge in [0.1, 0.15) is 0 Å². The van der Waals surface area contributed by atoms with Gasteiger partial charge in [0.25, 0.3) is 0 Å². The van der Waals surface area contributed by atoms with Crippen LogP contribution in [0.1, 0.15) is 23.5 Å². The Kier molecular flexibility index (Phi) is 4.84. The summed E-state index contributed by atoms with van der Waals surface area (Å²) in [5.74, 6) is 0.839. The van der Waals surface area contributed by atoms with E-state index in [4.69, 9.17) is 22.1 Å². The number of anilines is 1. The van der Waals surface area contributed by atoms with Crippen molar-refractivity contribution in [1.82, 2.24) is 0 Å². The third-order valence-corrected chi connectivity index (χ3v) is 4.15. The number of nitrogens with one attached hydrogen (secondary N) is 1. The van der Waals surface area contributed by atoms with Crippen molar-refractivity contribution in [2.75, 3.05) is 12.4 Å². The van der Waals surface area contributed by atoms with E-state index < -0.39 is 0 Å². The molecule has 2 aromatic carbocycles. The minimum absolute atomic E-state index is 0.218. The Bertz CT molecular complexity index is 717. The zero-order valence-corrected chi connectivity index (χ0v) is 13.8. The molecule has 0 saturated heterocycles. The molecule has 0 unspecified atom stereocenters. The molecule has 2 aromatic rings. The van der Waals surface area contributed by atoms with Crippen LogP contribution >= 0.6 is 11.6 Å². The number of methoxy groups -OCH3 is 1. The Labute approximate surface area is 141 Å². The first-order chi connectivity index (χ1) is 11.2. The van der Waals surface area contributed by atoms with E-state index in [0.29, 0.717) is 18.5 Å². The third-order valence-electron chi connectivity index (χ3n) is 3.92. The van der Waals surface area contributed by atoms with Gasteiger partial charge < -0.3 is 15.8 Å². The van der Waals surface area contributed by atoms with Crippen LogP contribution in [0.5, 0.6) is 0 Å². The van der Waals surface area contributed by atoms with Crippen molar-refractivity contribution in [3.63, 3.8) is 0 Å². The van der Waals surface area contributed by atoms with Crippen LogP contribution in [0.15, 0.2) is 53.5 Å². The second-order valence-corrected chi connectivity index (χ2v) is 6.13. The van der Waals surface area contributed by atoms with E-state index in [1.165, 1.54) is 5.56 Å². The number of rotatable bonds is 5. The van der Waals surface area contributed by atoms with Crippen molar-refractivity contribution in [2.24, 2.45) is 10.7 Å². The summed E-state index contributed by atoms with van der Waals surface area (Å²) in [6.45, 7) is 0.533. The molecule has 1 saturated carbocycles. The number of ether oxygens (including phenoxy) is 1. The first-order valence-electron chi connectivity index (χ1n) is 7.60. The number of guanidine groups is 1. The molecule has 120 valence electrons. The molecule has 4 nitrogen and oxygen atoms in total. The summed E-state index contributed by atoms with van der Waals surface area (Å²) in [5, 5.41) is 3.93. The molecule has 3 rings (SSSR count). The van der Waals surface area contributed by atoms with Crippen LogP contribution in [-0.2, 0) is 11.3 Å². The molecule has 0 aromatic heterocycles. The molecule has 3 N–H and O–H groups in total. The molecule has 23 heavy (non-hydrogen) atoms. The van der Waals surface area contributed by atoms with Gasteiger partial charge in [-0.05, 0) is 30.2 Å². The van der Waals surface area contributed by atoms with Crippen molar-refractivity contribution >= 4 is 23.2 Å². The number of para-hydroxylation sites is 1. The van der Waals surface area contributed by atoms with E-state index in [-0.39, 0.29) is 6.04 Å². The van der Waals surface area contributed by atoms with Gasteiger partial charge in [-0.3, -0.25) is 0 Å². The van der Waals surface area contributed by atoms with Crippen molar-refractivity contribution in [3.05, 3.63) is 64.7 Å². The van der Waals surface area contributed by atoms with Crippen molar-refractivity contribution in [1.29, 1.82) is 0 Å². The van der Waals surface area contributed by atoms with E-state index in [1.807, 2.05) is 42.5 Å². The molecule has 0 bridgehead atoms. The lowest BCUT2D eigenvalue weighted by molar-refractivity contribution is 0.185. The molecule has 0 amide bonds. The predicted molar refractivity (Wildman–Crippen MR) is 95.0 cm³/mol. The Balaban J connectivity index is 1.66. The van der Waals surface area contributed by atoms with E-state index in [2.05, 4.69) is 16.4 Å². The zero-order valence-electron chi connectivity index (χ0n) is 13.0. The van der Waals surface area contributed by atoms with Gasteiger partial charge in [0.2, 0.25) is 0 Å². The van der Waals surface area contributed by atoms with Crippen LogP contribution in [0.25, 0.3) is 0 Å². The minimum atomic E-state index is 0.218. The molecule has 0 aliphatic heterocycles. The number of nitrogens with zero attached hydrogens (tertiary/aromatic N) is 1. The number of hydrogen-bond acceptors (Lipinski definition) is 2. The van der Waals surface area contributed by atoms with E-state index in [1.54, 1.807) is 7.11 Å². The Morgan fingerprint density at radius 3 is 2.91 bits per heavy atom. The highest BCUT2D eigenvalue weighted by Gasteiger charge is 2.38. The normalized spacial score (nSPS) is 20.3. The highest BCUT2D eigenvalue weighted by atomic mass is 35.5. The lowest BCUT2D eigenvalue weighted by Crippen LogP contribution is -2.24. The van der Waals surface area contributed by atoms with Gasteiger partial charge >= 0.3 is 0 Å². The maximum absolute atomic E-state index is 6.05. The Morgan fingerprint density at radius 1 is 1.30 bits per heavy atom. The van der Waals surface area contributed by atoms with Crippen LogP contribution in [0, 0.1) is 0 Å². The average molecular weight is 330 g/mol. The second kappa shape index (κ2) is 7.02. The van der Waals surface area contributed by atoms with E-state index in [0.717, 1.165) is 22.7 Å². The highest BCUT2D eigenvalue weighted by molar-refractivity contribution is 6.30. The molecule has 1 aliphatic carbocycles. The fourth-order valence-corrected chi connectivity index (χ4v) is 2.89. The van der Waals surface area contributed by atoms with Crippen molar-refractivity contribution < 1.29 is 4.74 Å². The molecule has 0 heterocycles. The van der Waals surface area contributed by atoms with Gasteiger partial charge in [-0.1, -0.05) is 41.9 Å². The quantitative estimate of drug-likeness (QED) is 0.648. The number of hydrogen-bond donors (Lipinski definition) is 2. The molecule has 1 aliphatic rings. The molecule has 0 spiro atoms. The van der Waals surface area contributed by atoms with Gasteiger partial charge in [0.05, 0.1) is 12.6 Å². The fourth-order valence-electron chi connectivity index (χ4n) is 2.69. The summed E-state index contributed by atoms with van der Waals surface area (Å²) in [6, 6.07) is 16.1. The maximum atomic E-state index is 6.05. The second-order valence-electron chi connectivity index (χ2n) is 5.69. The van der Waals surface area contributed by atoms with Gasteiger partial charge in [0.15, 0.2) is 5.96 Å². The average Bonchev–Trinajstić information content (AvgIpc) is 3.28. The van der Waals surface area contributed by atoms with Gasteiger partial charge in [-0.2, -0.15) is 0 Å². The van der Waals surface area contributed by atoms with Gasteiger partial charge in [-0.25, -0.2) is 4.99 Å². The van der Waals surface area contributed by atoms with E-state index >= 15 is 0 Å². The summed E-state index contributed by atoms with van der Waals surface area (Å²) >= 11 is 6.04. The number of halogens is 1. The molecular weight excluding hydrogens is 310 g/mol. The summed E-state index contributed by atoms with van der Waals surface area (Å²) in [5.41, 5.74) is 9.25. The topological polar surface area (TPSA) is 59.6 Å². The number of nitrogens with two attached hydrogens (primary N) is 1. The number of benzene rings is 2. The Morgan fingerprint density at radius 2 is 2.13 bits per heavy atom. The molecule has 2 atom stereocenters. The third kappa shape index (κ3) is 4.03. The summed E-state index contributed by atoms with van der Waals surface area (Å²) in [6.07, 6.45) is 1.00. The van der Waals surface area contributed by atoms with E-state index in [9.17, 15) is 0 Å². The largest absolute Gasteiger partial charge is 0.380 e. The Hall–Kier alpha value is -2.04. The molecule has 0 radical (unpaired) electrons. The van der Waals surface area contributed by atoms with Crippen molar-refractivity contribution in [2.45, 2.75) is 25.0 Å². The summed E-state index contributed by atoms with van der Waals surface area (Å²) < 4.78 is 5.20. The number of aliphatic imine (C=N–C) groups is 1.